The maximum atomic E-state index is 13.0. The summed E-state index contributed by atoms with van der Waals surface area (Å²) >= 11 is 0. The lowest BCUT2D eigenvalue weighted by Crippen LogP contribution is -2.30. The molecule has 31 heavy (non-hydrogen) atoms. The Kier molecular flexibility index (Phi) is 6.82. The van der Waals surface area contributed by atoms with Gasteiger partial charge in [-0.1, -0.05) is 54.3 Å². The van der Waals surface area contributed by atoms with Crippen molar-refractivity contribution in [3.63, 3.8) is 0 Å². The third-order valence-corrected chi connectivity index (χ3v) is 5.52. The summed E-state index contributed by atoms with van der Waals surface area (Å²) in [6.45, 7) is 1.84. The number of hydrogen-bond acceptors (Lipinski definition) is 6. The van der Waals surface area contributed by atoms with Gasteiger partial charge in [-0.05, 0) is 36.6 Å². The predicted molar refractivity (Wildman–Crippen MR) is 118 cm³/mol. The number of ether oxygens (including phenoxy) is 1. The van der Waals surface area contributed by atoms with Gasteiger partial charge in [0.1, 0.15) is 11.8 Å². The number of nitrogens with one attached hydrogen (secondary N) is 1. The molecule has 7 nitrogen and oxygen atoms in total. The van der Waals surface area contributed by atoms with Gasteiger partial charge in [0.05, 0.1) is 7.11 Å². The van der Waals surface area contributed by atoms with Crippen molar-refractivity contribution in [3.8, 4) is 5.75 Å². The van der Waals surface area contributed by atoms with E-state index in [0.717, 1.165) is 31.5 Å². The maximum absolute atomic E-state index is 13.0. The van der Waals surface area contributed by atoms with E-state index in [0.29, 0.717) is 29.6 Å². The van der Waals surface area contributed by atoms with Crippen LogP contribution >= 0.6 is 0 Å². The topological polar surface area (TPSA) is 80.5 Å². The van der Waals surface area contributed by atoms with Crippen molar-refractivity contribution in [1.29, 1.82) is 0 Å². The fraction of sp³-hybridized carbons (Fsp3) is 0.375. The molecule has 3 aromatic rings. The molecule has 1 atom stereocenters. The molecule has 1 aliphatic rings. The summed E-state index contributed by atoms with van der Waals surface area (Å²) in [5.41, 5.74) is 1.60. The van der Waals surface area contributed by atoms with Gasteiger partial charge in [-0.3, -0.25) is 4.79 Å². The highest BCUT2D eigenvalue weighted by molar-refractivity contribution is 5.94. The zero-order valence-electron chi connectivity index (χ0n) is 17.8. The molecule has 7 heteroatoms. The highest BCUT2D eigenvalue weighted by Crippen LogP contribution is 2.24. The Hall–Kier alpha value is -3.35. The molecule has 1 aromatic heterocycles. The van der Waals surface area contributed by atoms with Gasteiger partial charge in [-0.15, -0.1) is 5.10 Å². The van der Waals surface area contributed by atoms with E-state index in [4.69, 9.17) is 9.15 Å². The fourth-order valence-corrected chi connectivity index (χ4v) is 3.81. The lowest BCUT2D eigenvalue weighted by atomic mass is 10.1. The average molecular weight is 421 g/mol. The smallest absolute Gasteiger partial charge is 0.318 e. The Morgan fingerprint density at radius 2 is 1.84 bits per heavy atom. The highest BCUT2D eigenvalue weighted by Gasteiger charge is 2.24. The number of aromatic nitrogens is 2. The molecule has 2 heterocycles. The molecule has 1 aliphatic heterocycles. The number of carbonyl (C=O) groups is 1. The van der Waals surface area contributed by atoms with Gasteiger partial charge in [0, 0.05) is 25.1 Å². The van der Waals surface area contributed by atoms with Crippen LogP contribution in [0.4, 0.5) is 6.01 Å². The number of amides is 1. The number of nitrogens with zero attached hydrogens (tertiary/aromatic N) is 3. The molecular formula is C24H28N4O3. The van der Waals surface area contributed by atoms with Crippen LogP contribution in [-0.4, -0.2) is 36.3 Å². The van der Waals surface area contributed by atoms with Gasteiger partial charge in [-0.25, -0.2) is 0 Å². The summed E-state index contributed by atoms with van der Waals surface area (Å²) in [4.78, 5) is 15.1. The maximum Gasteiger partial charge on any atom is 0.318 e. The standard InChI is InChI=1S/C24H28N4O3/c1-30-20-13-9-12-19(17-20)22(29)25-21(16-18-10-5-4-6-11-18)23-26-27-24(31-23)28-14-7-2-3-8-15-28/h4-6,9-13,17,21H,2-3,7-8,14-16H2,1H3,(H,25,29)/t21-/m0/s1. The molecule has 1 saturated heterocycles. The van der Waals surface area contributed by atoms with Crippen LogP contribution in [0.15, 0.2) is 59.0 Å². The number of carbonyl (C=O) groups excluding carboxylic acids is 1. The minimum Gasteiger partial charge on any atom is -0.497 e. The minimum absolute atomic E-state index is 0.214. The molecule has 1 amide bonds. The van der Waals surface area contributed by atoms with Crippen LogP contribution < -0.4 is 15.0 Å². The average Bonchev–Trinajstić information content (AvgIpc) is 3.14. The number of methoxy groups -OCH3 is 1. The van der Waals surface area contributed by atoms with Crippen LogP contribution in [0.3, 0.4) is 0 Å². The number of hydrogen-bond donors (Lipinski definition) is 1. The number of rotatable bonds is 7. The molecule has 0 aliphatic carbocycles. The van der Waals surface area contributed by atoms with Gasteiger partial charge in [0.15, 0.2) is 0 Å². The molecule has 2 aromatic carbocycles. The first kappa shape index (κ1) is 20.9. The summed E-state index contributed by atoms with van der Waals surface area (Å²) in [5.74, 6) is 0.835. The van der Waals surface area contributed by atoms with Crippen LogP contribution in [0.1, 0.15) is 53.5 Å². The molecule has 0 radical (unpaired) electrons. The minimum atomic E-state index is -0.436. The molecule has 4 rings (SSSR count). The third-order valence-electron chi connectivity index (χ3n) is 5.52. The normalized spacial score (nSPS) is 15.2. The molecule has 1 N–H and O–H groups in total. The van der Waals surface area contributed by atoms with E-state index in [2.05, 4.69) is 20.4 Å². The predicted octanol–water partition coefficient (Wildman–Crippen LogP) is 4.17. The Labute approximate surface area is 182 Å². The summed E-state index contributed by atoms with van der Waals surface area (Å²) < 4.78 is 11.3. The van der Waals surface area contributed by atoms with E-state index >= 15 is 0 Å². The summed E-state index contributed by atoms with van der Waals surface area (Å²) in [7, 11) is 1.58. The Balaban J connectivity index is 1.56. The van der Waals surface area contributed by atoms with Crippen molar-refractivity contribution < 1.29 is 13.9 Å². The zero-order valence-corrected chi connectivity index (χ0v) is 17.8. The number of benzene rings is 2. The largest absolute Gasteiger partial charge is 0.497 e. The van der Waals surface area contributed by atoms with Gasteiger partial charge < -0.3 is 19.4 Å². The second kappa shape index (κ2) is 10.1. The van der Waals surface area contributed by atoms with E-state index in [1.54, 1.807) is 25.3 Å². The molecule has 0 bridgehead atoms. The summed E-state index contributed by atoms with van der Waals surface area (Å²) in [6.07, 6.45) is 5.25. The van der Waals surface area contributed by atoms with E-state index in [9.17, 15) is 4.79 Å². The van der Waals surface area contributed by atoms with Crippen molar-refractivity contribution in [2.45, 2.75) is 38.1 Å². The van der Waals surface area contributed by atoms with Crippen molar-refractivity contribution in [2.75, 3.05) is 25.1 Å². The molecule has 0 spiro atoms. The van der Waals surface area contributed by atoms with Crippen LogP contribution in [0.25, 0.3) is 0 Å². The lowest BCUT2D eigenvalue weighted by Gasteiger charge is -2.18. The first-order chi connectivity index (χ1) is 15.2. The second-order valence-corrected chi connectivity index (χ2v) is 7.77. The van der Waals surface area contributed by atoms with E-state index in [-0.39, 0.29) is 5.91 Å². The third kappa shape index (κ3) is 5.42. The van der Waals surface area contributed by atoms with Crippen molar-refractivity contribution in [2.24, 2.45) is 0 Å². The van der Waals surface area contributed by atoms with Crippen molar-refractivity contribution in [3.05, 3.63) is 71.6 Å². The first-order valence-electron chi connectivity index (χ1n) is 10.8. The van der Waals surface area contributed by atoms with Crippen LogP contribution in [0, 0.1) is 0 Å². The van der Waals surface area contributed by atoms with Crippen LogP contribution in [0.5, 0.6) is 5.75 Å². The first-order valence-corrected chi connectivity index (χ1v) is 10.8. The number of anilines is 1. The lowest BCUT2D eigenvalue weighted by molar-refractivity contribution is 0.0929. The Morgan fingerprint density at radius 3 is 2.58 bits per heavy atom. The Bertz CT molecular complexity index is 981. The van der Waals surface area contributed by atoms with E-state index in [1.165, 1.54) is 12.8 Å². The van der Waals surface area contributed by atoms with E-state index in [1.807, 2.05) is 36.4 Å². The molecular weight excluding hydrogens is 392 g/mol. The van der Waals surface area contributed by atoms with Crippen molar-refractivity contribution >= 4 is 11.9 Å². The van der Waals surface area contributed by atoms with E-state index < -0.39 is 6.04 Å². The molecule has 0 unspecified atom stereocenters. The van der Waals surface area contributed by atoms with Gasteiger partial charge in [-0.2, -0.15) is 0 Å². The quantitative estimate of drug-likeness (QED) is 0.618. The zero-order chi connectivity index (χ0) is 21.5. The van der Waals surface area contributed by atoms with Gasteiger partial charge in [0.2, 0.25) is 5.89 Å². The SMILES string of the molecule is COc1cccc(C(=O)N[C@@H](Cc2ccccc2)c2nnc(N3CCCCCC3)o2)c1. The Morgan fingerprint density at radius 1 is 1.06 bits per heavy atom. The second-order valence-electron chi connectivity index (χ2n) is 7.77. The monoisotopic (exact) mass is 420 g/mol. The highest BCUT2D eigenvalue weighted by atomic mass is 16.5. The molecule has 1 fully saturated rings. The summed E-state index contributed by atoms with van der Waals surface area (Å²) in [6, 6.07) is 17.2. The molecule has 162 valence electrons. The van der Waals surface area contributed by atoms with Gasteiger partial charge >= 0.3 is 6.01 Å². The van der Waals surface area contributed by atoms with Crippen LogP contribution in [-0.2, 0) is 6.42 Å². The summed E-state index contributed by atoms with van der Waals surface area (Å²) in [5, 5.41) is 11.7. The van der Waals surface area contributed by atoms with Crippen LogP contribution in [0.2, 0.25) is 0 Å². The van der Waals surface area contributed by atoms with Crippen molar-refractivity contribution in [1.82, 2.24) is 15.5 Å². The van der Waals surface area contributed by atoms with Gasteiger partial charge in [0.25, 0.3) is 5.91 Å². The molecule has 0 saturated carbocycles. The fourth-order valence-electron chi connectivity index (χ4n) is 3.81.